The number of carbonyl (C=O) groups is 1. The lowest BCUT2D eigenvalue weighted by molar-refractivity contribution is -0.134. The van der Waals surface area contributed by atoms with Gasteiger partial charge >= 0.3 is 6.61 Å². The third kappa shape index (κ3) is 3.90. The van der Waals surface area contributed by atoms with Gasteiger partial charge in [0.1, 0.15) is 5.75 Å². The SMILES string of the molecule is CN(Cc1cccc(OC(F)F)c1)C(=O)[C@@H]1CCOC1. The van der Waals surface area contributed by atoms with Gasteiger partial charge in [-0.15, -0.1) is 0 Å². The van der Waals surface area contributed by atoms with E-state index in [0.29, 0.717) is 19.8 Å². The van der Waals surface area contributed by atoms with E-state index < -0.39 is 6.61 Å². The van der Waals surface area contributed by atoms with E-state index in [4.69, 9.17) is 4.74 Å². The highest BCUT2D eigenvalue weighted by molar-refractivity contribution is 5.78. The number of halogens is 2. The van der Waals surface area contributed by atoms with Gasteiger partial charge in [0.25, 0.3) is 0 Å². The zero-order valence-corrected chi connectivity index (χ0v) is 11.2. The molecular weight excluding hydrogens is 268 g/mol. The number of alkyl halides is 2. The van der Waals surface area contributed by atoms with Gasteiger partial charge in [-0.1, -0.05) is 12.1 Å². The molecule has 4 nitrogen and oxygen atoms in total. The van der Waals surface area contributed by atoms with Crippen molar-refractivity contribution in [1.82, 2.24) is 4.90 Å². The second-order valence-electron chi connectivity index (χ2n) is 4.78. The fourth-order valence-corrected chi connectivity index (χ4v) is 2.21. The van der Waals surface area contributed by atoms with Crippen LogP contribution in [0.5, 0.6) is 5.75 Å². The predicted molar refractivity (Wildman–Crippen MR) is 68.5 cm³/mol. The third-order valence-electron chi connectivity index (χ3n) is 3.20. The smallest absolute Gasteiger partial charge is 0.387 e. The third-order valence-corrected chi connectivity index (χ3v) is 3.20. The standard InChI is InChI=1S/C14H17F2NO3/c1-17(13(18)11-5-6-19-9-11)8-10-3-2-4-12(7-10)20-14(15)16/h2-4,7,11,14H,5-6,8-9H2,1H3/t11-/m1/s1. The van der Waals surface area contributed by atoms with E-state index in [0.717, 1.165) is 12.0 Å². The normalized spacial score (nSPS) is 18.3. The van der Waals surface area contributed by atoms with Gasteiger partial charge in [0.05, 0.1) is 12.5 Å². The van der Waals surface area contributed by atoms with Crippen molar-refractivity contribution in [2.45, 2.75) is 19.6 Å². The van der Waals surface area contributed by atoms with Gasteiger partial charge in [-0.05, 0) is 24.1 Å². The Morgan fingerprint density at radius 1 is 1.55 bits per heavy atom. The number of carbonyl (C=O) groups excluding carboxylic acids is 1. The molecule has 1 aromatic carbocycles. The largest absolute Gasteiger partial charge is 0.435 e. The molecule has 0 N–H and O–H groups in total. The maximum absolute atomic E-state index is 12.1. The van der Waals surface area contributed by atoms with Crippen molar-refractivity contribution in [2.24, 2.45) is 5.92 Å². The molecule has 0 aliphatic carbocycles. The van der Waals surface area contributed by atoms with Crippen LogP contribution in [0.25, 0.3) is 0 Å². The van der Waals surface area contributed by atoms with Gasteiger partial charge in [0.2, 0.25) is 5.91 Å². The number of nitrogens with zero attached hydrogens (tertiary/aromatic N) is 1. The first-order valence-electron chi connectivity index (χ1n) is 6.42. The molecule has 6 heteroatoms. The molecule has 0 unspecified atom stereocenters. The van der Waals surface area contributed by atoms with Gasteiger partial charge in [-0.3, -0.25) is 4.79 Å². The minimum atomic E-state index is -2.85. The molecule has 0 saturated carbocycles. The fourth-order valence-electron chi connectivity index (χ4n) is 2.21. The number of benzene rings is 1. The quantitative estimate of drug-likeness (QED) is 0.833. The highest BCUT2D eigenvalue weighted by atomic mass is 19.3. The van der Waals surface area contributed by atoms with Crippen molar-refractivity contribution in [3.63, 3.8) is 0 Å². The van der Waals surface area contributed by atoms with E-state index >= 15 is 0 Å². The van der Waals surface area contributed by atoms with Crippen LogP contribution in [0.1, 0.15) is 12.0 Å². The summed E-state index contributed by atoms with van der Waals surface area (Å²) in [5, 5.41) is 0. The summed E-state index contributed by atoms with van der Waals surface area (Å²) in [4.78, 5) is 13.7. The molecule has 1 heterocycles. The number of hydrogen-bond donors (Lipinski definition) is 0. The predicted octanol–water partition coefficient (Wildman–Crippen LogP) is 2.28. The topological polar surface area (TPSA) is 38.8 Å². The van der Waals surface area contributed by atoms with E-state index in [1.54, 1.807) is 24.1 Å². The van der Waals surface area contributed by atoms with Crippen molar-refractivity contribution < 1.29 is 23.0 Å². The van der Waals surface area contributed by atoms with E-state index in [9.17, 15) is 13.6 Å². The zero-order chi connectivity index (χ0) is 14.5. The van der Waals surface area contributed by atoms with Crippen molar-refractivity contribution in [2.75, 3.05) is 20.3 Å². The van der Waals surface area contributed by atoms with Gasteiger partial charge in [-0.2, -0.15) is 8.78 Å². The number of rotatable bonds is 5. The Kier molecular flexibility index (Phi) is 4.89. The maximum atomic E-state index is 12.1. The lowest BCUT2D eigenvalue weighted by Crippen LogP contribution is -2.32. The van der Waals surface area contributed by atoms with Crippen LogP contribution in [0.4, 0.5) is 8.78 Å². The van der Waals surface area contributed by atoms with Crippen LogP contribution in [-0.2, 0) is 16.1 Å². The molecule has 1 fully saturated rings. The van der Waals surface area contributed by atoms with Crippen LogP contribution < -0.4 is 4.74 Å². The molecule has 1 saturated heterocycles. The van der Waals surface area contributed by atoms with Crippen LogP contribution >= 0.6 is 0 Å². The number of ether oxygens (including phenoxy) is 2. The summed E-state index contributed by atoms with van der Waals surface area (Å²) < 4.78 is 33.8. The van der Waals surface area contributed by atoms with E-state index in [-0.39, 0.29) is 17.6 Å². The van der Waals surface area contributed by atoms with Gasteiger partial charge in [0, 0.05) is 20.2 Å². The Labute approximate surface area is 116 Å². The summed E-state index contributed by atoms with van der Waals surface area (Å²) >= 11 is 0. The molecule has 1 aliphatic heterocycles. The molecule has 0 aromatic heterocycles. The number of hydrogen-bond acceptors (Lipinski definition) is 3. The molecule has 0 spiro atoms. The molecular formula is C14H17F2NO3. The summed E-state index contributed by atoms with van der Waals surface area (Å²) in [6.45, 7) is -1.42. The molecule has 110 valence electrons. The summed E-state index contributed by atoms with van der Waals surface area (Å²) in [6, 6.07) is 6.38. The second-order valence-corrected chi connectivity index (χ2v) is 4.78. The second kappa shape index (κ2) is 6.65. The average Bonchev–Trinajstić information content (AvgIpc) is 2.91. The van der Waals surface area contributed by atoms with Gasteiger partial charge < -0.3 is 14.4 Å². The van der Waals surface area contributed by atoms with E-state index in [2.05, 4.69) is 4.74 Å². The van der Waals surface area contributed by atoms with Crippen LogP contribution in [0.15, 0.2) is 24.3 Å². The first kappa shape index (κ1) is 14.7. The van der Waals surface area contributed by atoms with Crippen LogP contribution in [-0.4, -0.2) is 37.7 Å². The van der Waals surface area contributed by atoms with Gasteiger partial charge in [-0.25, -0.2) is 0 Å². The van der Waals surface area contributed by atoms with E-state index in [1.807, 2.05) is 0 Å². The molecule has 2 rings (SSSR count). The van der Waals surface area contributed by atoms with Crippen molar-refractivity contribution in [3.8, 4) is 5.75 Å². The Hall–Kier alpha value is -1.69. The van der Waals surface area contributed by atoms with Crippen LogP contribution in [0.2, 0.25) is 0 Å². The summed E-state index contributed by atoms with van der Waals surface area (Å²) in [7, 11) is 1.70. The van der Waals surface area contributed by atoms with Crippen molar-refractivity contribution in [3.05, 3.63) is 29.8 Å². The summed E-state index contributed by atoms with van der Waals surface area (Å²) in [5.41, 5.74) is 0.748. The monoisotopic (exact) mass is 285 g/mol. The Balaban J connectivity index is 1.96. The van der Waals surface area contributed by atoms with Crippen LogP contribution in [0, 0.1) is 5.92 Å². The lowest BCUT2D eigenvalue weighted by Gasteiger charge is -2.20. The first-order chi connectivity index (χ1) is 9.56. The maximum Gasteiger partial charge on any atom is 0.387 e. The number of amides is 1. The first-order valence-corrected chi connectivity index (χ1v) is 6.42. The molecule has 0 bridgehead atoms. The Morgan fingerprint density at radius 2 is 2.35 bits per heavy atom. The molecule has 0 radical (unpaired) electrons. The van der Waals surface area contributed by atoms with Gasteiger partial charge in [0.15, 0.2) is 0 Å². The lowest BCUT2D eigenvalue weighted by atomic mass is 10.1. The highest BCUT2D eigenvalue weighted by Crippen LogP contribution is 2.19. The molecule has 1 amide bonds. The van der Waals surface area contributed by atoms with E-state index in [1.165, 1.54) is 12.1 Å². The van der Waals surface area contributed by atoms with Crippen molar-refractivity contribution >= 4 is 5.91 Å². The van der Waals surface area contributed by atoms with Crippen molar-refractivity contribution in [1.29, 1.82) is 0 Å². The zero-order valence-electron chi connectivity index (χ0n) is 11.2. The minimum Gasteiger partial charge on any atom is -0.435 e. The molecule has 1 atom stereocenters. The Bertz CT molecular complexity index is 461. The summed E-state index contributed by atoms with van der Waals surface area (Å²) in [6.07, 6.45) is 0.734. The highest BCUT2D eigenvalue weighted by Gasteiger charge is 2.26. The average molecular weight is 285 g/mol. The molecule has 20 heavy (non-hydrogen) atoms. The summed E-state index contributed by atoms with van der Waals surface area (Å²) in [5.74, 6) is 0.0192. The Morgan fingerprint density at radius 3 is 3.00 bits per heavy atom. The molecule has 1 aliphatic rings. The van der Waals surface area contributed by atoms with Crippen LogP contribution in [0.3, 0.4) is 0 Å². The fraction of sp³-hybridized carbons (Fsp3) is 0.500. The molecule has 1 aromatic rings. The minimum absolute atomic E-state index is 0.0164.